The molecule has 0 saturated carbocycles. The lowest BCUT2D eigenvalue weighted by Gasteiger charge is -2.27. The second-order valence-corrected chi connectivity index (χ2v) is 5.65. The summed E-state index contributed by atoms with van der Waals surface area (Å²) in [5, 5.41) is 15.0. The fourth-order valence-corrected chi connectivity index (χ4v) is 2.61. The van der Waals surface area contributed by atoms with Crippen molar-refractivity contribution in [2.75, 3.05) is 0 Å². The zero-order valence-electron chi connectivity index (χ0n) is 12.3. The molecule has 0 radical (unpaired) electrons. The summed E-state index contributed by atoms with van der Waals surface area (Å²) in [6.45, 7) is 1.46. The van der Waals surface area contributed by atoms with E-state index in [9.17, 15) is 19.1 Å². The van der Waals surface area contributed by atoms with Crippen molar-refractivity contribution < 1.29 is 19.1 Å². The standard InChI is InChI=1S/C17H15FN2O3/c1-17(15(22)19-16(23)20-17)14(21)11-7-5-10(6-8-11)12-3-2-4-13(18)9-12/h2-9,14,21H,1H3,(H2,19,20,22,23). The molecule has 2 unspecified atom stereocenters. The van der Waals surface area contributed by atoms with E-state index in [0.29, 0.717) is 11.1 Å². The Kier molecular flexibility index (Phi) is 3.61. The summed E-state index contributed by atoms with van der Waals surface area (Å²) in [7, 11) is 0. The van der Waals surface area contributed by atoms with E-state index >= 15 is 0 Å². The number of nitrogens with one attached hydrogen (secondary N) is 2. The van der Waals surface area contributed by atoms with Gasteiger partial charge in [-0.15, -0.1) is 0 Å². The van der Waals surface area contributed by atoms with E-state index < -0.39 is 23.6 Å². The number of halogens is 1. The Hall–Kier alpha value is -2.73. The molecule has 1 saturated heterocycles. The Morgan fingerprint density at radius 2 is 1.78 bits per heavy atom. The molecule has 118 valence electrons. The summed E-state index contributed by atoms with van der Waals surface area (Å²) in [6, 6.07) is 12.3. The van der Waals surface area contributed by atoms with Crippen LogP contribution in [-0.2, 0) is 4.79 Å². The van der Waals surface area contributed by atoms with Gasteiger partial charge < -0.3 is 10.4 Å². The molecule has 1 fully saturated rings. The van der Waals surface area contributed by atoms with Crippen LogP contribution in [0.1, 0.15) is 18.6 Å². The van der Waals surface area contributed by atoms with Crippen LogP contribution in [0.15, 0.2) is 48.5 Å². The normalized spacial score (nSPS) is 21.7. The fourth-order valence-electron chi connectivity index (χ4n) is 2.61. The van der Waals surface area contributed by atoms with Gasteiger partial charge in [0.25, 0.3) is 5.91 Å². The first-order valence-electron chi connectivity index (χ1n) is 7.08. The number of amides is 3. The third-order valence-electron chi connectivity index (χ3n) is 4.00. The molecule has 23 heavy (non-hydrogen) atoms. The zero-order chi connectivity index (χ0) is 16.6. The van der Waals surface area contributed by atoms with Crippen LogP contribution in [0.25, 0.3) is 11.1 Å². The molecule has 0 aromatic heterocycles. The number of hydrogen-bond donors (Lipinski definition) is 3. The molecule has 3 N–H and O–H groups in total. The molecule has 0 spiro atoms. The van der Waals surface area contributed by atoms with Gasteiger partial charge in [-0.25, -0.2) is 9.18 Å². The number of hydrogen-bond acceptors (Lipinski definition) is 3. The predicted molar refractivity (Wildman–Crippen MR) is 81.9 cm³/mol. The highest BCUT2D eigenvalue weighted by Crippen LogP contribution is 2.30. The van der Waals surface area contributed by atoms with Crippen molar-refractivity contribution in [1.82, 2.24) is 10.6 Å². The average molecular weight is 314 g/mol. The maximum absolute atomic E-state index is 13.3. The van der Waals surface area contributed by atoms with E-state index in [1.165, 1.54) is 19.1 Å². The first kappa shape index (κ1) is 15.2. The van der Waals surface area contributed by atoms with Crippen molar-refractivity contribution in [2.45, 2.75) is 18.6 Å². The van der Waals surface area contributed by atoms with Crippen molar-refractivity contribution >= 4 is 11.9 Å². The van der Waals surface area contributed by atoms with Crippen molar-refractivity contribution in [3.63, 3.8) is 0 Å². The van der Waals surface area contributed by atoms with E-state index in [1.54, 1.807) is 36.4 Å². The van der Waals surface area contributed by atoms with E-state index in [4.69, 9.17) is 0 Å². The molecule has 3 rings (SSSR count). The van der Waals surface area contributed by atoms with E-state index in [0.717, 1.165) is 5.56 Å². The van der Waals surface area contributed by atoms with E-state index in [2.05, 4.69) is 10.6 Å². The number of imide groups is 1. The topological polar surface area (TPSA) is 78.4 Å². The molecule has 1 heterocycles. The van der Waals surface area contributed by atoms with Crippen LogP contribution in [0.5, 0.6) is 0 Å². The molecule has 2 aromatic carbocycles. The molecule has 2 atom stereocenters. The lowest BCUT2D eigenvalue weighted by atomic mass is 9.89. The van der Waals surface area contributed by atoms with Gasteiger partial charge in [0.2, 0.25) is 0 Å². The lowest BCUT2D eigenvalue weighted by molar-refractivity contribution is -0.127. The largest absolute Gasteiger partial charge is 0.385 e. The van der Waals surface area contributed by atoms with E-state index in [1.807, 2.05) is 0 Å². The fraction of sp³-hybridized carbons (Fsp3) is 0.176. The van der Waals surface area contributed by atoms with Crippen LogP contribution < -0.4 is 10.6 Å². The Labute approximate surface area is 132 Å². The number of benzene rings is 2. The highest BCUT2D eigenvalue weighted by molar-refractivity contribution is 6.07. The van der Waals surface area contributed by atoms with Gasteiger partial charge in [0.15, 0.2) is 0 Å². The van der Waals surface area contributed by atoms with Crippen molar-refractivity contribution in [1.29, 1.82) is 0 Å². The maximum atomic E-state index is 13.3. The van der Waals surface area contributed by atoms with Crippen LogP contribution in [-0.4, -0.2) is 22.6 Å². The third kappa shape index (κ3) is 2.68. The van der Waals surface area contributed by atoms with Gasteiger partial charge in [-0.3, -0.25) is 10.1 Å². The number of rotatable bonds is 3. The number of carbonyl (C=O) groups excluding carboxylic acids is 2. The SMILES string of the molecule is CC1(C(O)c2ccc(-c3cccc(F)c3)cc2)NC(=O)NC1=O. The molecule has 1 aliphatic rings. The Balaban J connectivity index is 1.88. The van der Waals surface area contributed by atoms with Gasteiger partial charge in [-0.05, 0) is 35.7 Å². The van der Waals surface area contributed by atoms with Gasteiger partial charge in [0, 0.05) is 0 Å². The van der Waals surface area contributed by atoms with E-state index in [-0.39, 0.29) is 5.82 Å². The lowest BCUT2D eigenvalue weighted by Crippen LogP contribution is -2.49. The molecular formula is C17H15FN2O3. The van der Waals surface area contributed by atoms with Gasteiger partial charge in [0.1, 0.15) is 17.5 Å². The Morgan fingerprint density at radius 3 is 2.35 bits per heavy atom. The summed E-state index contributed by atoms with van der Waals surface area (Å²) < 4.78 is 13.3. The number of urea groups is 1. The minimum atomic E-state index is -1.42. The maximum Gasteiger partial charge on any atom is 0.322 e. The number of carbonyl (C=O) groups is 2. The van der Waals surface area contributed by atoms with Crippen molar-refractivity contribution in [2.24, 2.45) is 0 Å². The molecule has 0 aliphatic carbocycles. The van der Waals surface area contributed by atoms with Crippen LogP contribution in [0.3, 0.4) is 0 Å². The van der Waals surface area contributed by atoms with Crippen molar-refractivity contribution in [3.8, 4) is 11.1 Å². The molecule has 1 aliphatic heterocycles. The quantitative estimate of drug-likeness (QED) is 0.759. The summed E-state index contributed by atoms with van der Waals surface area (Å²) >= 11 is 0. The molecular weight excluding hydrogens is 299 g/mol. The van der Waals surface area contributed by atoms with Crippen LogP contribution >= 0.6 is 0 Å². The molecule has 5 nitrogen and oxygen atoms in total. The van der Waals surface area contributed by atoms with Crippen LogP contribution in [0.2, 0.25) is 0 Å². The minimum absolute atomic E-state index is 0.329. The minimum Gasteiger partial charge on any atom is -0.385 e. The first-order chi connectivity index (χ1) is 10.9. The monoisotopic (exact) mass is 314 g/mol. The smallest absolute Gasteiger partial charge is 0.322 e. The number of aliphatic hydroxyl groups excluding tert-OH is 1. The molecule has 0 bridgehead atoms. The summed E-state index contributed by atoms with van der Waals surface area (Å²) in [5.41, 5.74) is 0.553. The van der Waals surface area contributed by atoms with Crippen LogP contribution in [0.4, 0.5) is 9.18 Å². The van der Waals surface area contributed by atoms with Gasteiger partial charge >= 0.3 is 6.03 Å². The zero-order valence-corrected chi connectivity index (χ0v) is 12.3. The Bertz CT molecular complexity index is 776. The molecule has 6 heteroatoms. The third-order valence-corrected chi connectivity index (χ3v) is 4.00. The summed E-state index contributed by atoms with van der Waals surface area (Å²) in [6.07, 6.45) is -1.20. The highest BCUT2D eigenvalue weighted by atomic mass is 19.1. The molecule has 2 aromatic rings. The summed E-state index contributed by atoms with van der Waals surface area (Å²) in [5.74, 6) is -0.909. The predicted octanol–water partition coefficient (Wildman–Crippen LogP) is 2.12. The second-order valence-electron chi connectivity index (χ2n) is 5.65. The first-order valence-corrected chi connectivity index (χ1v) is 7.08. The van der Waals surface area contributed by atoms with Crippen molar-refractivity contribution in [3.05, 3.63) is 59.9 Å². The molecule has 3 amide bonds. The van der Waals surface area contributed by atoms with Gasteiger partial charge in [-0.2, -0.15) is 0 Å². The Morgan fingerprint density at radius 1 is 1.09 bits per heavy atom. The van der Waals surface area contributed by atoms with Gasteiger partial charge in [-0.1, -0.05) is 36.4 Å². The highest BCUT2D eigenvalue weighted by Gasteiger charge is 2.48. The average Bonchev–Trinajstić information content (AvgIpc) is 2.80. The summed E-state index contributed by atoms with van der Waals surface area (Å²) in [4.78, 5) is 23.1. The van der Waals surface area contributed by atoms with Gasteiger partial charge in [0.05, 0.1) is 0 Å². The number of aliphatic hydroxyl groups is 1. The second kappa shape index (κ2) is 5.48. The van der Waals surface area contributed by atoms with Crippen LogP contribution in [0, 0.1) is 5.82 Å².